The van der Waals surface area contributed by atoms with Crippen LogP contribution >= 0.6 is 0 Å². The predicted molar refractivity (Wildman–Crippen MR) is 97.8 cm³/mol. The third kappa shape index (κ3) is 6.99. The third-order valence-corrected chi connectivity index (χ3v) is 3.93. The molecule has 1 rings (SSSR count). The van der Waals surface area contributed by atoms with Crippen LogP contribution in [-0.4, -0.2) is 74.5 Å². The van der Waals surface area contributed by atoms with E-state index in [0.29, 0.717) is 26.3 Å². The molecule has 0 bridgehead atoms. The Hall–Kier alpha value is -2.45. The highest BCUT2D eigenvalue weighted by molar-refractivity contribution is 5.91. The highest BCUT2D eigenvalue weighted by Gasteiger charge is 2.50. The number of hydrogen-bond donors (Lipinski definition) is 0. The molecule has 1 fully saturated rings. The molecule has 0 aromatic carbocycles. The van der Waals surface area contributed by atoms with Gasteiger partial charge in [0.15, 0.2) is 0 Å². The minimum Gasteiger partial charge on any atom is -0.461 e. The minimum absolute atomic E-state index is 0.000635. The first-order valence-corrected chi connectivity index (χ1v) is 8.64. The van der Waals surface area contributed by atoms with E-state index < -0.39 is 23.4 Å². The van der Waals surface area contributed by atoms with E-state index in [2.05, 4.69) is 19.7 Å². The average molecular weight is 381 g/mol. The number of nitrogens with zero attached hydrogens (tertiary/aromatic N) is 1. The lowest BCUT2D eigenvalue weighted by Gasteiger charge is -2.42. The molecule has 27 heavy (non-hydrogen) atoms. The SMILES string of the molecule is C=CCOC(=O)CC(CC(=O)OCC=C)(C(=O)OCC=C)N1CCOCC1. The molecule has 1 aliphatic heterocycles. The molecule has 1 heterocycles. The number of hydrogen-bond acceptors (Lipinski definition) is 8. The highest BCUT2D eigenvalue weighted by atomic mass is 16.5. The van der Waals surface area contributed by atoms with Crippen LogP contribution in [0.3, 0.4) is 0 Å². The first-order chi connectivity index (χ1) is 13.0. The largest absolute Gasteiger partial charge is 0.461 e. The standard InChI is InChI=1S/C19H27NO7/c1-4-9-25-16(21)14-19(18(23)27-11-6-3,15-17(22)26-10-5-2)20-7-12-24-13-8-20/h4-6H,1-3,7-15H2. The molecule has 8 nitrogen and oxygen atoms in total. The van der Waals surface area contributed by atoms with Crippen LogP contribution in [0.4, 0.5) is 0 Å². The number of esters is 3. The van der Waals surface area contributed by atoms with Crippen LogP contribution in [0.15, 0.2) is 38.0 Å². The zero-order chi connectivity index (χ0) is 20.1. The molecule has 8 heteroatoms. The monoisotopic (exact) mass is 381 g/mol. The van der Waals surface area contributed by atoms with Gasteiger partial charge in [-0.2, -0.15) is 0 Å². The molecule has 0 saturated carbocycles. The maximum absolute atomic E-state index is 12.9. The zero-order valence-electron chi connectivity index (χ0n) is 15.5. The third-order valence-electron chi connectivity index (χ3n) is 3.93. The molecule has 0 radical (unpaired) electrons. The summed E-state index contributed by atoms with van der Waals surface area (Å²) < 4.78 is 20.6. The molecule has 1 saturated heterocycles. The van der Waals surface area contributed by atoms with Crippen LogP contribution in [0, 0.1) is 0 Å². The van der Waals surface area contributed by atoms with Crippen molar-refractivity contribution in [2.75, 3.05) is 46.1 Å². The second-order valence-electron chi connectivity index (χ2n) is 5.82. The van der Waals surface area contributed by atoms with Crippen molar-refractivity contribution in [1.29, 1.82) is 0 Å². The quantitative estimate of drug-likeness (QED) is 0.281. The van der Waals surface area contributed by atoms with Crippen molar-refractivity contribution in [2.45, 2.75) is 18.4 Å². The van der Waals surface area contributed by atoms with Gasteiger partial charge in [0.25, 0.3) is 0 Å². The topological polar surface area (TPSA) is 91.4 Å². The summed E-state index contributed by atoms with van der Waals surface area (Å²) in [5, 5.41) is 0. The van der Waals surface area contributed by atoms with Crippen molar-refractivity contribution < 1.29 is 33.3 Å². The molecule has 0 aromatic heterocycles. The molecular weight excluding hydrogens is 354 g/mol. The fraction of sp³-hybridized carbons (Fsp3) is 0.526. The Labute approximate surface area is 159 Å². The van der Waals surface area contributed by atoms with Crippen molar-refractivity contribution in [3.8, 4) is 0 Å². The number of ether oxygens (including phenoxy) is 4. The van der Waals surface area contributed by atoms with Crippen molar-refractivity contribution in [1.82, 2.24) is 4.90 Å². The molecule has 150 valence electrons. The second kappa shape index (κ2) is 12.0. The van der Waals surface area contributed by atoms with Crippen molar-refractivity contribution >= 4 is 17.9 Å². The number of rotatable bonds is 12. The average Bonchev–Trinajstić information content (AvgIpc) is 2.68. The number of carbonyl (C=O) groups excluding carboxylic acids is 3. The maximum Gasteiger partial charge on any atom is 0.328 e. The Bertz CT molecular complexity index is 526. The van der Waals surface area contributed by atoms with E-state index in [-0.39, 0.29) is 32.7 Å². The van der Waals surface area contributed by atoms with Gasteiger partial charge in [0.1, 0.15) is 25.4 Å². The molecule has 0 N–H and O–H groups in total. The molecule has 0 aliphatic carbocycles. The smallest absolute Gasteiger partial charge is 0.328 e. The summed E-state index contributed by atoms with van der Waals surface area (Å²) in [6.07, 6.45) is 3.53. The number of carbonyl (C=O) groups is 3. The summed E-state index contributed by atoms with van der Waals surface area (Å²) in [4.78, 5) is 39.3. The van der Waals surface area contributed by atoms with E-state index >= 15 is 0 Å². The van der Waals surface area contributed by atoms with Crippen LogP contribution < -0.4 is 0 Å². The van der Waals surface area contributed by atoms with E-state index in [1.807, 2.05) is 0 Å². The fourth-order valence-corrected chi connectivity index (χ4v) is 2.70. The van der Waals surface area contributed by atoms with E-state index in [9.17, 15) is 14.4 Å². The Morgan fingerprint density at radius 3 is 1.74 bits per heavy atom. The first-order valence-electron chi connectivity index (χ1n) is 8.64. The summed E-state index contributed by atoms with van der Waals surface area (Å²) in [7, 11) is 0. The van der Waals surface area contributed by atoms with Crippen molar-refractivity contribution in [3.63, 3.8) is 0 Å². The second-order valence-corrected chi connectivity index (χ2v) is 5.82. The normalized spacial score (nSPS) is 14.7. The Balaban J connectivity index is 3.16. The fourth-order valence-electron chi connectivity index (χ4n) is 2.70. The summed E-state index contributed by atoms with van der Waals surface area (Å²) in [6.45, 7) is 11.9. The van der Waals surface area contributed by atoms with E-state index in [4.69, 9.17) is 18.9 Å². The summed E-state index contributed by atoms with van der Waals surface area (Å²) in [5.41, 5.74) is -1.55. The van der Waals surface area contributed by atoms with Crippen molar-refractivity contribution in [2.24, 2.45) is 0 Å². The summed E-state index contributed by atoms with van der Waals surface area (Å²) >= 11 is 0. The Morgan fingerprint density at radius 2 is 1.30 bits per heavy atom. The van der Waals surface area contributed by atoms with Gasteiger partial charge in [-0.15, -0.1) is 0 Å². The van der Waals surface area contributed by atoms with Gasteiger partial charge in [-0.25, -0.2) is 4.79 Å². The number of morpholine rings is 1. The molecule has 0 aromatic rings. The molecular formula is C19H27NO7. The molecule has 0 atom stereocenters. The van der Waals surface area contributed by atoms with Gasteiger partial charge in [-0.3, -0.25) is 14.5 Å². The van der Waals surface area contributed by atoms with Crippen LogP contribution in [0.2, 0.25) is 0 Å². The zero-order valence-corrected chi connectivity index (χ0v) is 15.5. The first kappa shape index (κ1) is 22.6. The minimum atomic E-state index is -1.55. The van der Waals surface area contributed by atoms with Crippen LogP contribution in [0.5, 0.6) is 0 Å². The van der Waals surface area contributed by atoms with E-state index in [1.54, 1.807) is 4.90 Å². The van der Waals surface area contributed by atoms with E-state index in [0.717, 1.165) is 0 Å². The van der Waals surface area contributed by atoms with Crippen molar-refractivity contribution in [3.05, 3.63) is 38.0 Å². The summed E-state index contributed by atoms with van der Waals surface area (Å²) in [5.74, 6) is -2.00. The molecule has 0 amide bonds. The lowest BCUT2D eigenvalue weighted by molar-refractivity contribution is -0.172. The van der Waals surface area contributed by atoms with Gasteiger partial charge >= 0.3 is 17.9 Å². The van der Waals surface area contributed by atoms with Gasteiger partial charge in [0.2, 0.25) is 0 Å². The van der Waals surface area contributed by atoms with Gasteiger partial charge in [-0.05, 0) is 0 Å². The van der Waals surface area contributed by atoms with Gasteiger partial charge < -0.3 is 18.9 Å². The lowest BCUT2D eigenvalue weighted by Crippen LogP contribution is -2.61. The Kier molecular flexibility index (Phi) is 10.1. The highest BCUT2D eigenvalue weighted by Crippen LogP contribution is 2.29. The van der Waals surface area contributed by atoms with Crippen LogP contribution in [-0.2, 0) is 33.3 Å². The van der Waals surface area contributed by atoms with Gasteiger partial charge in [0.05, 0.1) is 26.1 Å². The molecule has 0 unspecified atom stereocenters. The predicted octanol–water partition coefficient (Wildman–Crippen LogP) is 1.03. The van der Waals surface area contributed by atoms with E-state index in [1.165, 1.54) is 18.2 Å². The maximum atomic E-state index is 12.9. The Morgan fingerprint density at radius 1 is 0.852 bits per heavy atom. The van der Waals surface area contributed by atoms with Gasteiger partial charge in [0, 0.05) is 13.1 Å². The van der Waals surface area contributed by atoms with Crippen LogP contribution in [0.1, 0.15) is 12.8 Å². The summed E-state index contributed by atoms with van der Waals surface area (Å²) in [6, 6.07) is 0. The lowest BCUT2D eigenvalue weighted by atomic mass is 9.88. The molecule has 0 spiro atoms. The van der Waals surface area contributed by atoms with Crippen LogP contribution in [0.25, 0.3) is 0 Å². The molecule has 1 aliphatic rings. The van der Waals surface area contributed by atoms with Gasteiger partial charge in [-0.1, -0.05) is 38.0 Å².